The number of nitrogens with one attached hydrogen (secondary N) is 1. The molecule has 0 aliphatic carbocycles. The predicted octanol–water partition coefficient (Wildman–Crippen LogP) is 5.28. The van der Waals surface area contributed by atoms with Gasteiger partial charge < -0.3 is 19.9 Å². The van der Waals surface area contributed by atoms with Gasteiger partial charge in [-0.1, -0.05) is 60.1 Å². The molecule has 0 saturated carbocycles. The molecule has 3 aromatic rings. The zero-order valence-corrected chi connectivity index (χ0v) is 17.5. The van der Waals surface area contributed by atoms with Gasteiger partial charge in [0.2, 0.25) is 0 Å². The van der Waals surface area contributed by atoms with E-state index in [9.17, 15) is 9.50 Å². The average molecular weight is 430 g/mol. The van der Waals surface area contributed by atoms with Crippen LogP contribution in [0.5, 0.6) is 11.5 Å². The van der Waals surface area contributed by atoms with Gasteiger partial charge in [0.25, 0.3) is 0 Å². The predicted molar refractivity (Wildman–Crippen MR) is 116 cm³/mol. The standard InChI is InChI=1S/C24H25ClFNO3/c1-2-29-23-13-17(14-27-15-22(28)18-8-4-3-5-9-18)12-20(25)24(23)30-16-19-10-6-7-11-21(19)26/h3-13,22,27-28H,2,14-16H2,1H3/t22-/m1/s1. The van der Waals surface area contributed by atoms with Crippen LogP contribution in [0.15, 0.2) is 66.7 Å². The Hall–Kier alpha value is -2.60. The van der Waals surface area contributed by atoms with Crippen LogP contribution in [0.4, 0.5) is 4.39 Å². The molecule has 6 heteroatoms. The number of aliphatic hydroxyl groups is 1. The molecular formula is C24H25ClFNO3. The Morgan fingerprint density at radius 3 is 2.50 bits per heavy atom. The highest BCUT2D eigenvalue weighted by molar-refractivity contribution is 6.32. The Bertz CT molecular complexity index is 952. The highest BCUT2D eigenvalue weighted by Gasteiger charge is 2.14. The lowest BCUT2D eigenvalue weighted by Gasteiger charge is -2.16. The second-order valence-electron chi connectivity index (χ2n) is 6.78. The molecule has 0 radical (unpaired) electrons. The number of benzene rings is 3. The lowest BCUT2D eigenvalue weighted by atomic mass is 10.1. The molecule has 2 N–H and O–H groups in total. The SMILES string of the molecule is CCOc1cc(CNC[C@@H](O)c2ccccc2)cc(Cl)c1OCc1ccccc1F. The summed E-state index contributed by atoms with van der Waals surface area (Å²) < 4.78 is 25.3. The van der Waals surface area contributed by atoms with Gasteiger partial charge in [0.15, 0.2) is 11.5 Å². The third kappa shape index (κ3) is 5.95. The molecule has 30 heavy (non-hydrogen) atoms. The van der Waals surface area contributed by atoms with Gasteiger partial charge in [-0.2, -0.15) is 0 Å². The van der Waals surface area contributed by atoms with Crippen LogP contribution in [0.1, 0.15) is 29.7 Å². The average Bonchev–Trinajstić information content (AvgIpc) is 2.75. The van der Waals surface area contributed by atoms with Crippen LogP contribution in [0.25, 0.3) is 0 Å². The van der Waals surface area contributed by atoms with Crippen molar-refractivity contribution in [2.75, 3.05) is 13.2 Å². The monoisotopic (exact) mass is 429 g/mol. The summed E-state index contributed by atoms with van der Waals surface area (Å²) in [5, 5.41) is 13.9. The van der Waals surface area contributed by atoms with Gasteiger partial charge in [-0.05, 0) is 36.2 Å². The number of hydrogen-bond acceptors (Lipinski definition) is 4. The van der Waals surface area contributed by atoms with E-state index in [1.165, 1.54) is 6.07 Å². The minimum Gasteiger partial charge on any atom is -0.490 e. The second kappa shape index (κ2) is 11.0. The highest BCUT2D eigenvalue weighted by Crippen LogP contribution is 2.37. The fourth-order valence-corrected chi connectivity index (χ4v) is 3.33. The molecule has 0 heterocycles. The third-order valence-corrected chi connectivity index (χ3v) is 4.83. The molecule has 0 aliphatic rings. The van der Waals surface area contributed by atoms with Gasteiger partial charge in [-0.15, -0.1) is 0 Å². The maximum absolute atomic E-state index is 13.9. The van der Waals surface area contributed by atoms with Crippen LogP contribution in [0.2, 0.25) is 5.02 Å². The first-order valence-corrected chi connectivity index (χ1v) is 10.2. The maximum atomic E-state index is 13.9. The van der Waals surface area contributed by atoms with E-state index >= 15 is 0 Å². The van der Waals surface area contributed by atoms with Crippen LogP contribution in [-0.2, 0) is 13.2 Å². The van der Waals surface area contributed by atoms with Crippen molar-refractivity contribution in [3.05, 3.63) is 94.3 Å². The number of rotatable bonds is 10. The van der Waals surface area contributed by atoms with E-state index in [1.54, 1.807) is 24.3 Å². The first-order chi connectivity index (χ1) is 14.6. The molecule has 1 atom stereocenters. The Labute approximate surface area is 181 Å². The quantitative estimate of drug-likeness (QED) is 0.460. The van der Waals surface area contributed by atoms with Crippen LogP contribution in [-0.4, -0.2) is 18.3 Å². The van der Waals surface area contributed by atoms with E-state index in [1.807, 2.05) is 43.3 Å². The van der Waals surface area contributed by atoms with Gasteiger partial charge in [0.1, 0.15) is 12.4 Å². The summed E-state index contributed by atoms with van der Waals surface area (Å²) in [6.45, 7) is 3.26. The number of halogens is 2. The molecule has 4 nitrogen and oxygen atoms in total. The molecule has 0 saturated heterocycles. The molecule has 0 amide bonds. The zero-order valence-electron chi connectivity index (χ0n) is 16.8. The van der Waals surface area contributed by atoms with E-state index in [4.69, 9.17) is 21.1 Å². The van der Waals surface area contributed by atoms with Crippen LogP contribution in [0, 0.1) is 5.82 Å². The fourth-order valence-electron chi connectivity index (χ4n) is 3.04. The molecule has 0 aromatic heterocycles. The van der Waals surface area contributed by atoms with Gasteiger partial charge in [0, 0.05) is 18.7 Å². The summed E-state index contributed by atoms with van der Waals surface area (Å²) >= 11 is 6.44. The van der Waals surface area contributed by atoms with Gasteiger partial charge in [-0.25, -0.2) is 4.39 Å². The molecule has 0 unspecified atom stereocenters. The van der Waals surface area contributed by atoms with Crippen molar-refractivity contribution in [3.8, 4) is 11.5 Å². The van der Waals surface area contributed by atoms with Gasteiger partial charge >= 0.3 is 0 Å². The second-order valence-corrected chi connectivity index (χ2v) is 7.18. The van der Waals surface area contributed by atoms with E-state index in [0.29, 0.717) is 41.8 Å². The van der Waals surface area contributed by atoms with Crippen LogP contribution >= 0.6 is 11.6 Å². The lowest BCUT2D eigenvalue weighted by Crippen LogP contribution is -2.21. The topological polar surface area (TPSA) is 50.7 Å². The minimum absolute atomic E-state index is 0.0489. The van der Waals surface area contributed by atoms with Crippen molar-refractivity contribution in [2.45, 2.75) is 26.2 Å². The van der Waals surface area contributed by atoms with Crippen LogP contribution in [0.3, 0.4) is 0 Å². The smallest absolute Gasteiger partial charge is 0.180 e. The van der Waals surface area contributed by atoms with Crippen molar-refractivity contribution in [1.82, 2.24) is 5.32 Å². The first kappa shape index (κ1) is 22.1. The summed E-state index contributed by atoms with van der Waals surface area (Å²) in [6.07, 6.45) is -0.601. The van der Waals surface area contributed by atoms with Crippen molar-refractivity contribution < 1.29 is 19.0 Å². The van der Waals surface area contributed by atoms with Crippen molar-refractivity contribution >= 4 is 11.6 Å². The molecule has 3 aromatic carbocycles. The van der Waals surface area contributed by atoms with Crippen molar-refractivity contribution in [1.29, 1.82) is 0 Å². The summed E-state index contributed by atoms with van der Waals surface area (Å²) in [4.78, 5) is 0. The Balaban J connectivity index is 1.65. The minimum atomic E-state index is -0.601. The summed E-state index contributed by atoms with van der Waals surface area (Å²) in [7, 11) is 0. The number of ether oxygens (including phenoxy) is 2. The molecule has 0 fully saturated rings. The van der Waals surface area contributed by atoms with Gasteiger partial charge in [0.05, 0.1) is 17.7 Å². The Kier molecular flexibility index (Phi) is 8.08. The molecule has 3 rings (SSSR count). The van der Waals surface area contributed by atoms with Crippen molar-refractivity contribution in [3.63, 3.8) is 0 Å². The first-order valence-electron chi connectivity index (χ1n) is 9.83. The number of hydrogen-bond donors (Lipinski definition) is 2. The molecule has 0 spiro atoms. The third-order valence-electron chi connectivity index (χ3n) is 4.55. The summed E-state index contributed by atoms with van der Waals surface area (Å²) in [5.74, 6) is 0.556. The Morgan fingerprint density at radius 1 is 1.03 bits per heavy atom. The Morgan fingerprint density at radius 2 is 1.77 bits per heavy atom. The highest BCUT2D eigenvalue weighted by atomic mass is 35.5. The largest absolute Gasteiger partial charge is 0.490 e. The molecule has 0 aliphatic heterocycles. The fraction of sp³-hybridized carbons (Fsp3) is 0.250. The molecular weight excluding hydrogens is 405 g/mol. The van der Waals surface area contributed by atoms with E-state index in [0.717, 1.165) is 11.1 Å². The molecule has 0 bridgehead atoms. The van der Waals surface area contributed by atoms with E-state index in [-0.39, 0.29) is 12.4 Å². The van der Waals surface area contributed by atoms with Crippen LogP contribution < -0.4 is 14.8 Å². The van der Waals surface area contributed by atoms with E-state index < -0.39 is 6.10 Å². The normalized spacial score (nSPS) is 11.9. The maximum Gasteiger partial charge on any atom is 0.180 e. The van der Waals surface area contributed by atoms with E-state index in [2.05, 4.69) is 5.32 Å². The lowest BCUT2D eigenvalue weighted by molar-refractivity contribution is 0.174. The zero-order chi connectivity index (χ0) is 21.3. The summed E-state index contributed by atoms with van der Waals surface area (Å²) in [5.41, 5.74) is 2.19. The molecule has 158 valence electrons. The number of aliphatic hydroxyl groups excluding tert-OH is 1. The van der Waals surface area contributed by atoms with Crippen molar-refractivity contribution in [2.24, 2.45) is 0 Å². The summed E-state index contributed by atoms with van der Waals surface area (Å²) in [6, 6.07) is 19.5. The van der Waals surface area contributed by atoms with Gasteiger partial charge in [-0.3, -0.25) is 0 Å².